The van der Waals surface area contributed by atoms with E-state index in [4.69, 9.17) is 4.74 Å². The number of hydrogen-bond donors (Lipinski definition) is 1. The summed E-state index contributed by atoms with van der Waals surface area (Å²) in [6, 6.07) is 9.53. The van der Waals surface area contributed by atoms with Crippen LogP contribution in [0.4, 0.5) is 13.2 Å². The van der Waals surface area contributed by atoms with E-state index < -0.39 is 23.3 Å². The van der Waals surface area contributed by atoms with Crippen LogP contribution in [0, 0.1) is 0 Å². The molecule has 0 unspecified atom stereocenters. The Kier molecular flexibility index (Phi) is 5.54. The van der Waals surface area contributed by atoms with E-state index in [1.54, 1.807) is 28.9 Å². The summed E-state index contributed by atoms with van der Waals surface area (Å²) in [7, 11) is 1.35. The molecule has 4 rings (SSSR count). The van der Waals surface area contributed by atoms with Crippen LogP contribution >= 0.6 is 0 Å². The van der Waals surface area contributed by atoms with E-state index >= 15 is 0 Å². The van der Waals surface area contributed by atoms with Crippen molar-refractivity contribution in [3.8, 4) is 17.4 Å². The molecule has 1 N–H and O–H groups in total. The predicted molar refractivity (Wildman–Crippen MR) is 103 cm³/mol. The maximum Gasteiger partial charge on any atom is 0.434 e. The van der Waals surface area contributed by atoms with E-state index in [9.17, 15) is 18.0 Å². The minimum atomic E-state index is -4.86. The third-order valence-corrected chi connectivity index (χ3v) is 4.41. The number of amides is 1. The molecule has 4 aromatic rings. The molecule has 0 aliphatic rings. The summed E-state index contributed by atoms with van der Waals surface area (Å²) in [5.41, 5.74) is -0.451. The third kappa shape index (κ3) is 4.26. The Hall–Kier alpha value is -4.29. The molecule has 0 saturated heterocycles. The van der Waals surface area contributed by atoms with E-state index in [1.807, 2.05) is 0 Å². The van der Waals surface area contributed by atoms with Crippen LogP contribution in [0.25, 0.3) is 11.5 Å². The molecular weight excluding hydrogens is 429 g/mol. The third-order valence-electron chi connectivity index (χ3n) is 4.41. The van der Waals surface area contributed by atoms with Gasteiger partial charge in [-0.15, -0.1) is 10.2 Å². The van der Waals surface area contributed by atoms with Crippen molar-refractivity contribution < 1.29 is 22.7 Å². The van der Waals surface area contributed by atoms with E-state index in [0.717, 1.165) is 11.9 Å². The van der Waals surface area contributed by atoms with Crippen molar-refractivity contribution in [2.45, 2.75) is 12.7 Å². The van der Waals surface area contributed by atoms with Crippen LogP contribution < -0.4 is 10.1 Å². The van der Waals surface area contributed by atoms with Crippen LogP contribution in [0.5, 0.6) is 5.88 Å². The van der Waals surface area contributed by atoms with Gasteiger partial charge < -0.3 is 10.1 Å². The highest BCUT2D eigenvalue weighted by molar-refractivity contribution is 5.95. The maximum absolute atomic E-state index is 13.7. The van der Waals surface area contributed by atoms with Crippen LogP contribution in [-0.2, 0) is 12.7 Å². The van der Waals surface area contributed by atoms with Gasteiger partial charge in [0.05, 0.1) is 24.6 Å². The number of halogens is 3. The molecule has 3 heterocycles. The second kappa shape index (κ2) is 8.45. The average Bonchev–Trinajstić information content (AvgIpc) is 3.48. The number of rotatable bonds is 6. The number of ether oxygens (including phenoxy) is 1. The molecule has 0 bridgehead atoms. The Morgan fingerprint density at radius 1 is 1.09 bits per heavy atom. The van der Waals surface area contributed by atoms with Crippen molar-refractivity contribution in [3.05, 3.63) is 72.1 Å². The van der Waals surface area contributed by atoms with Gasteiger partial charge in [0.25, 0.3) is 5.91 Å². The van der Waals surface area contributed by atoms with Gasteiger partial charge in [0, 0.05) is 12.6 Å². The molecular formula is C19H15F3N8O2. The smallest absolute Gasteiger partial charge is 0.434 e. The topological polar surface area (TPSA) is 113 Å². The highest BCUT2D eigenvalue weighted by Crippen LogP contribution is 2.33. The highest BCUT2D eigenvalue weighted by atomic mass is 19.4. The van der Waals surface area contributed by atoms with Gasteiger partial charge in [-0.1, -0.05) is 12.1 Å². The molecule has 3 aromatic heterocycles. The second-order valence-corrected chi connectivity index (χ2v) is 6.44. The fraction of sp³-hybridized carbons (Fsp3) is 0.158. The van der Waals surface area contributed by atoms with Gasteiger partial charge >= 0.3 is 6.18 Å². The van der Waals surface area contributed by atoms with E-state index in [0.29, 0.717) is 10.2 Å². The van der Waals surface area contributed by atoms with E-state index in [-0.39, 0.29) is 18.2 Å². The Morgan fingerprint density at radius 2 is 1.88 bits per heavy atom. The molecule has 32 heavy (non-hydrogen) atoms. The molecule has 0 atom stereocenters. The number of nitrogens with zero attached hydrogens (tertiary/aromatic N) is 7. The molecule has 13 heteroatoms. The zero-order chi connectivity index (χ0) is 22.7. The zero-order valence-electron chi connectivity index (χ0n) is 16.5. The number of methoxy groups -OCH3 is 1. The van der Waals surface area contributed by atoms with Crippen molar-refractivity contribution in [2.75, 3.05) is 7.11 Å². The summed E-state index contributed by atoms with van der Waals surface area (Å²) in [5.74, 6) is -1.01. The number of carbonyl (C=O) groups is 1. The molecule has 0 radical (unpaired) electrons. The fourth-order valence-electron chi connectivity index (χ4n) is 2.88. The summed E-state index contributed by atoms with van der Waals surface area (Å²) in [6.45, 7) is 0.0152. The van der Waals surface area contributed by atoms with Gasteiger partial charge in [-0.2, -0.15) is 23.4 Å². The quantitative estimate of drug-likeness (QED) is 0.485. The number of carbonyl (C=O) groups excluding carboxylic acids is 1. The molecule has 1 aromatic carbocycles. The van der Waals surface area contributed by atoms with Crippen molar-refractivity contribution >= 4 is 5.91 Å². The molecule has 0 aliphatic carbocycles. The van der Waals surface area contributed by atoms with Crippen molar-refractivity contribution in [3.63, 3.8) is 0 Å². The van der Waals surface area contributed by atoms with Crippen LogP contribution in [0.1, 0.15) is 21.6 Å². The predicted octanol–water partition coefficient (Wildman–Crippen LogP) is 2.20. The Bertz CT molecular complexity index is 1200. The van der Waals surface area contributed by atoms with Crippen LogP contribution in [-0.4, -0.2) is 47.8 Å². The Labute approximate surface area is 178 Å². The highest BCUT2D eigenvalue weighted by Gasteiger charge is 2.41. The minimum absolute atomic E-state index is 0.0152. The first-order valence-corrected chi connectivity index (χ1v) is 9.12. The van der Waals surface area contributed by atoms with Crippen molar-refractivity contribution in [1.29, 1.82) is 0 Å². The summed E-state index contributed by atoms with van der Waals surface area (Å²) in [4.78, 5) is 16.4. The number of alkyl halides is 3. The van der Waals surface area contributed by atoms with Gasteiger partial charge in [0.2, 0.25) is 5.88 Å². The first kappa shape index (κ1) is 21.0. The Balaban J connectivity index is 1.53. The maximum atomic E-state index is 13.7. The van der Waals surface area contributed by atoms with Gasteiger partial charge in [-0.3, -0.25) is 4.79 Å². The Morgan fingerprint density at radius 3 is 2.47 bits per heavy atom. The first-order chi connectivity index (χ1) is 15.4. The molecule has 164 valence electrons. The number of nitrogens with one attached hydrogen (secondary N) is 1. The van der Waals surface area contributed by atoms with Crippen LogP contribution in [0.3, 0.4) is 0 Å². The van der Waals surface area contributed by atoms with Gasteiger partial charge in [0.1, 0.15) is 12.7 Å². The van der Waals surface area contributed by atoms with Crippen LogP contribution in [0.15, 0.2) is 55.2 Å². The van der Waals surface area contributed by atoms with Crippen molar-refractivity contribution in [1.82, 2.24) is 40.1 Å². The molecule has 0 aliphatic heterocycles. The lowest BCUT2D eigenvalue weighted by Gasteiger charge is -2.12. The minimum Gasteiger partial charge on any atom is -0.480 e. The lowest BCUT2D eigenvalue weighted by atomic mass is 10.2. The van der Waals surface area contributed by atoms with Gasteiger partial charge in [-0.05, 0) is 23.8 Å². The lowest BCUT2D eigenvalue weighted by molar-refractivity contribution is -0.143. The molecule has 0 saturated carbocycles. The number of aromatic nitrogens is 7. The zero-order valence-corrected chi connectivity index (χ0v) is 16.5. The summed E-state index contributed by atoms with van der Waals surface area (Å²) in [5, 5.41) is 17.5. The number of hydrogen-bond acceptors (Lipinski definition) is 7. The molecule has 0 spiro atoms. The van der Waals surface area contributed by atoms with E-state index in [2.05, 4.69) is 30.7 Å². The normalized spacial score (nSPS) is 11.4. The van der Waals surface area contributed by atoms with Gasteiger partial charge in [-0.25, -0.2) is 14.3 Å². The van der Waals surface area contributed by atoms with E-state index in [1.165, 1.54) is 31.9 Å². The first-order valence-electron chi connectivity index (χ1n) is 9.12. The summed E-state index contributed by atoms with van der Waals surface area (Å²) >= 11 is 0. The molecule has 1 amide bonds. The fourth-order valence-corrected chi connectivity index (χ4v) is 2.88. The number of benzene rings is 1. The standard InChI is InChI=1S/C19H15F3N8O2/c1-32-16-7-6-15(27-28-16)30-17(19(20,21)22)14(9-25-30)18(31)24-8-12-2-4-13(5-3-12)29-11-23-10-26-29/h2-7,9-11H,8H2,1H3,(H,24,31). The molecule has 10 nitrogen and oxygen atoms in total. The average molecular weight is 444 g/mol. The monoisotopic (exact) mass is 444 g/mol. The SMILES string of the molecule is COc1ccc(-n2ncc(C(=O)NCc3ccc(-n4cncn4)cc3)c2C(F)(F)F)nn1. The van der Waals surface area contributed by atoms with Crippen LogP contribution in [0.2, 0.25) is 0 Å². The summed E-state index contributed by atoms with van der Waals surface area (Å²) in [6.07, 6.45) is -1.09. The van der Waals surface area contributed by atoms with Gasteiger partial charge in [0.15, 0.2) is 11.5 Å². The second-order valence-electron chi connectivity index (χ2n) is 6.44. The van der Waals surface area contributed by atoms with Crippen molar-refractivity contribution in [2.24, 2.45) is 0 Å². The molecule has 0 fully saturated rings. The largest absolute Gasteiger partial charge is 0.480 e. The summed E-state index contributed by atoms with van der Waals surface area (Å²) < 4.78 is 48.2. The lowest BCUT2D eigenvalue weighted by Crippen LogP contribution is -2.26.